The van der Waals surface area contributed by atoms with Gasteiger partial charge < -0.3 is 8.98 Å². The zero-order valence-electron chi connectivity index (χ0n) is 37.8. The molecule has 0 spiro atoms. The first kappa shape index (κ1) is 39.7. The van der Waals surface area contributed by atoms with Crippen molar-refractivity contribution in [2.24, 2.45) is 0 Å². The number of pyridine rings is 1. The van der Waals surface area contributed by atoms with E-state index in [-0.39, 0.29) is 0 Å². The maximum Gasteiger partial charge on any atom is 0.160 e. The molecule has 4 aromatic heterocycles. The van der Waals surface area contributed by atoms with Crippen LogP contribution in [0.5, 0.6) is 0 Å². The number of aromatic nitrogens is 4. The molecule has 0 aliphatic rings. The minimum Gasteiger partial charge on any atom is -0.456 e. The van der Waals surface area contributed by atoms with Gasteiger partial charge in [-0.1, -0.05) is 182 Å². The summed E-state index contributed by atoms with van der Waals surface area (Å²) >= 11 is 0. The van der Waals surface area contributed by atoms with Gasteiger partial charge in [-0.15, -0.1) is 0 Å². The maximum absolute atomic E-state index is 6.65. The number of nitrogens with zero attached hydrogens (tertiary/aromatic N) is 4. The highest BCUT2D eigenvalue weighted by Gasteiger charge is 2.22. The molecule has 70 heavy (non-hydrogen) atoms. The highest BCUT2D eigenvalue weighted by molar-refractivity contribution is 6.27. The lowest BCUT2D eigenvalue weighted by Gasteiger charge is -2.16. The first-order valence-corrected chi connectivity index (χ1v) is 23.7. The minimum absolute atomic E-state index is 0.659. The van der Waals surface area contributed by atoms with E-state index in [4.69, 9.17) is 19.4 Å². The molecular weight excluding hydrogens is 853 g/mol. The first-order valence-electron chi connectivity index (χ1n) is 23.7. The maximum atomic E-state index is 6.65. The predicted molar refractivity (Wildman–Crippen MR) is 289 cm³/mol. The lowest BCUT2D eigenvalue weighted by molar-refractivity contribution is 0.669. The van der Waals surface area contributed by atoms with Gasteiger partial charge in [0.1, 0.15) is 11.2 Å². The van der Waals surface area contributed by atoms with E-state index in [0.717, 1.165) is 111 Å². The Morgan fingerprint density at radius 3 is 1.54 bits per heavy atom. The molecule has 0 saturated heterocycles. The monoisotopic (exact) mass is 892 g/mol. The second-order valence-electron chi connectivity index (χ2n) is 17.9. The molecule has 0 atom stereocenters. The largest absolute Gasteiger partial charge is 0.456 e. The second kappa shape index (κ2) is 16.1. The zero-order valence-corrected chi connectivity index (χ0v) is 37.8. The van der Waals surface area contributed by atoms with E-state index in [1.165, 1.54) is 21.8 Å². The van der Waals surface area contributed by atoms with Crippen molar-refractivity contribution in [3.05, 3.63) is 243 Å². The third-order valence-corrected chi connectivity index (χ3v) is 13.8. The topological polar surface area (TPSA) is 56.7 Å². The van der Waals surface area contributed by atoms with Crippen LogP contribution in [0.4, 0.5) is 0 Å². The van der Waals surface area contributed by atoms with Gasteiger partial charge in [0.15, 0.2) is 5.82 Å². The van der Waals surface area contributed by atoms with E-state index in [1.807, 2.05) is 12.1 Å². The third-order valence-electron chi connectivity index (χ3n) is 13.8. The van der Waals surface area contributed by atoms with Crippen LogP contribution in [0.3, 0.4) is 0 Å². The summed E-state index contributed by atoms with van der Waals surface area (Å²) < 4.78 is 9.00. The number of hydrogen-bond donors (Lipinski definition) is 0. The minimum atomic E-state index is 0.659. The molecule has 0 fully saturated rings. The van der Waals surface area contributed by atoms with Crippen molar-refractivity contribution in [3.63, 3.8) is 0 Å². The third kappa shape index (κ3) is 6.51. The molecule has 0 saturated carbocycles. The van der Waals surface area contributed by atoms with Crippen molar-refractivity contribution < 1.29 is 4.42 Å². The van der Waals surface area contributed by atoms with Crippen LogP contribution in [0.15, 0.2) is 247 Å². The Morgan fingerprint density at radius 2 is 0.843 bits per heavy atom. The van der Waals surface area contributed by atoms with Crippen LogP contribution in [0, 0.1) is 0 Å². The number of furan rings is 1. The molecule has 5 nitrogen and oxygen atoms in total. The SMILES string of the molecule is c1ccc(-c2cc(-c3ccc(-n4c5ccccc5c5ccccc54)cc3)nc(-c3cccc(-c4cccc(-c5nc6ccccc6c6c(-c7ccccc7)c7c(cc56)oc5ccccc57)c4)c3)n2)cc1. The molecule has 0 aliphatic carbocycles. The molecule has 0 bridgehead atoms. The Hall–Kier alpha value is -9.45. The van der Waals surface area contributed by atoms with Crippen LogP contribution in [0.1, 0.15) is 0 Å². The smallest absolute Gasteiger partial charge is 0.160 e. The second-order valence-corrected chi connectivity index (χ2v) is 17.9. The molecule has 10 aromatic carbocycles. The molecule has 0 radical (unpaired) electrons. The Morgan fingerprint density at radius 1 is 0.314 bits per heavy atom. The van der Waals surface area contributed by atoms with Crippen LogP contribution in [0.25, 0.3) is 139 Å². The molecule has 0 aliphatic heterocycles. The summed E-state index contributed by atoms with van der Waals surface area (Å²) in [6, 6.07) is 85.5. The fraction of sp³-hybridized carbons (Fsp3) is 0. The van der Waals surface area contributed by atoms with Crippen LogP contribution in [0.2, 0.25) is 0 Å². The molecule has 0 unspecified atom stereocenters. The summed E-state index contributed by atoms with van der Waals surface area (Å²) in [7, 11) is 0. The molecule has 14 aromatic rings. The van der Waals surface area contributed by atoms with Gasteiger partial charge in [-0.3, -0.25) is 0 Å². The van der Waals surface area contributed by atoms with Crippen LogP contribution in [-0.2, 0) is 0 Å². The molecule has 0 amide bonds. The van der Waals surface area contributed by atoms with Crippen molar-refractivity contribution in [2.75, 3.05) is 0 Å². The van der Waals surface area contributed by atoms with Gasteiger partial charge in [0.2, 0.25) is 0 Å². The van der Waals surface area contributed by atoms with Crippen molar-refractivity contribution >= 4 is 65.4 Å². The van der Waals surface area contributed by atoms with E-state index in [9.17, 15) is 0 Å². The van der Waals surface area contributed by atoms with E-state index >= 15 is 0 Å². The van der Waals surface area contributed by atoms with Crippen LogP contribution >= 0.6 is 0 Å². The van der Waals surface area contributed by atoms with Gasteiger partial charge in [-0.25, -0.2) is 15.0 Å². The lowest BCUT2D eigenvalue weighted by Crippen LogP contribution is -1.97. The molecule has 0 N–H and O–H groups in total. The van der Waals surface area contributed by atoms with Crippen molar-refractivity contribution in [1.29, 1.82) is 0 Å². The highest BCUT2D eigenvalue weighted by Crippen LogP contribution is 2.46. The van der Waals surface area contributed by atoms with Gasteiger partial charge in [0.05, 0.1) is 33.6 Å². The summed E-state index contributed by atoms with van der Waals surface area (Å²) in [6.45, 7) is 0. The number of rotatable bonds is 7. The predicted octanol–water partition coefficient (Wildman–Crippen LogP) is 17.2. The summed E-state index contributed by atoms with van der Waals surface area (Å²) in [5, 5.41) is 7.99. The van der Waals surface area contributed by atoms with Crippen molar-refractivity contribution in [2.45, 2.75) is 0 Å². The van der Waals surface area contributed by atoms with Gasteiger partial charge in [-0.2, -0.15) is 0 Å². The number of fused-ring (bicyclic) bond motifs is 9. The number of para-hydroxylation sites is 4. The quantitative estimate of drug-likeness (QED) is 0.150. The normalized spacial score (nSPS) is 11.7. The van der Waals surface area contributed by atoms with Crippen LogP contribution < -0.4 is 0 Å². The number of hydrogen-bond acceptors (Lipinski definition) is 4. The molecule has 5 heteroatoms. The van der Waals surface area contributed by atoms with Gasteiger partial charge in [0, 0.05) is 71.2 Å². The average molecular weight is 893 g/mol. The fourth-order valence-corrected chi connectivity index (χ4v) is 10.6. The molecular formula is C65H40N4O. The zero-order chi connectivity index (χ0) is 46.1. The average Bonchev–Trinajstić information content (AvgIpc) is 3.98. The highest BCUT2D eigenvalue weighted by atomic mass is 16.3. The Bertz CT molecular complexity index is 4290. The summed E-state index contributed by atoms with van der Waals surface area (Å²) in [4.78, 5) is 15.9. The van der Waals surface area contributed by atoms with Crippen molar-refractivity contribution in [1.82, 2.24) is 19.5 Å². The lowest BCUT2D eigenvalue weighted by atomic mass is 9.89. The standard InChI is InChI=1S/C65H40N4O/c1-3-17-41(18-4-1)55-40-56(42-33-35-48(36-34-42)69-57-30-12-8-25-49(57)50-26-9-13-31-58(50)69)68-65(67-55)47-24-16-22-45(38-47)44-21-15-23-46(37-44)64-53-39-60-63(52-28-10-14-32-59(52)70-60)61(43-19-5-2-6-20-43)62(53)51-27-7-11-29-54(51)66-64/h1-40H. The Labute approximate surface area is 403 Å². The first-order chi connectivity index (χ1) is 34.7. The molecule has 14 rings (SSSR count). The van der Waals surface area contributed by atoms with E-state index in [0.29, 0.717) is 5.82 Å². The van der Waals surface area contributed by atoms with E-state index in [2.05, 4.69) is 235 Å². The Balaban J connectivity index is 0.893. The molecule has 4 heterocycles. The summed E-state index contributed by atoms with van der Waals surface area (Å²) in [6.07, 6.45) is 0. The van der Waals surface area contributed by atoms with Gasteiger partial charge in [0.25, 0.3) is 0 Å². The Kier molecular flexibility index (Phi) is 9.14. The van der Waals surface area contributed by atoms with Crippen molar-refractivity contribution in [3.8, 4) is 73.1 Å². The summed E-state index contributed by atoms with van der Waals surface area (Å²) in [5.74, 6) is 0.659. The number of benzene rings is 10. The van der Waals surface area contributed by atoms with Gasteiger partial charge >= 0.3 is 0 Å². The molecule has 326 valence electrons. The van der Waals surface area contributed by atoms with E-state index < -0.39 is 0 Å². The van der Waals surface area contributed by atoms with Crippen LogP contribution in [-0.4, -0.2) is 19.5 Å². The summed E-state index contributed by atoms with van der Waals surface area (Å²) in [5.41, 5.74) is 17.1. The fourth-order valence-electron chi connectivity index (χ4n) is 10.6. The van der Waals surface area contributed by atoms with E-state index in [1.54, 1.807) is 0 Å². The van der Waals surface area contributed by atoms with Gasteiger partial charge in [-0.05, 0) is 77.4 Å².